The Bertz CT molecular complexity index is 771. The molecular formula is C18H17BrO2S2. The van der Waals surface area contributed by atoms with E-state index in [-0.39, 0.29) is 5.97 Å². The molecule has 2 heterocycles. The number of carbonyl (C=O) groups excluding carboxylic acids is 1. The lowest BCUT2D eigenvalue weighted by molar-refractivity contribution is 0.0740. The molecule has 2 aromatic heterocycles. The van der Waals surface area contributed by atoms with Crippen LogP contribution < -0.4 is 4.74 Å². The number of halogens is 1. The lowest BCUT2D eigenvalue weighted by Crippen LogP contribution is -2.05. The summed E-state index contributed by atoms with van der Waals surface area (Å²) in [6.07, 6.45) is 4.89. The zero-order chi connectivity index (χ0) is 16.2. The molecule has 2 nitrogen and oxygen atoms in total. The zero-order valence-corrected chi connectivity index (χ0v) is 16.0. The van der Waals surface area contributed by atoms with Crippen LogP contribution in [0.3, 0.4) is 0 Å². The first kappa shape index (κ1) is 16.7. The first-order valence-corrected chi connectivity index (χ1v) is 10.1. The minimum Gasteiger partial charge on any atom is -0.422 e. The highest BCUT2D eigenvalue weighted by atomic mass is 79.9. The van der Waals surface area contributed by atoms with Crippen molar-refractivity contribution >= 4 is 54.0 Å². The average Bonchev–Trinajstić information content (AvgIpc) is 3.08. The van der Waals surface area contributed by atoms with Crippen LogP contribution in [-0.4, -0.2) is 5.97 Å². The van der Waals surface area contributed by atoms with Crippen LogP contribution in [0.5, 0.6) is 5.75 Å². The van der Waals surface area contributed by atoms with Gasteiger partial charge < -0.3 is 4.74 Å². The van der Waals surface area contributed by atoms with Gasteiger partial charge in [0.25, 0.3) is 0 Å². The Hall–Kier alpha value is -1.17. The van der Waals surface area contributed by atoms with Gasteiger partial charge in [-0.25, -0.2) is 4.79 Å². The van der Waals surface area contributed by atoms with Gasteiger partial charge in [0.15, 0.2) is 0 Å². The molecular weight excluding hydrogens is 392 g/mol. The molecule has 0 spiro atoms. The van der Waals surface area contributed by atoms with Gasteiger partial charge in [-0.1, -0.05) is 35.7 Å². The van der Waals surface area contributed by atoms with Gasteiger partial charge >= 0.3 is 5.97 Å². The predicted octanol–water partition coefficient (Wildman–Crippen LogP) is 6.68. The summed E-state index contributed by atoms with van der Waals surface area (Å²) in [7, 11) is 0. The van der Waals surface area contributed by atoms with Crippen LogP contribution >= 0.6 is 38.6 Å². The molecule has 1 aromatic carbocycles. The molecule has 0 fully saturated rings. The maximum Gasteiger partial charge on any atom is 0.353 e. The predicted molar refractivity (Wildman–Crippen MR) is 102 cm³/mol. The lowest BCUT2D eigenvalue weighted by atomic mass is 10.2. The number of esters is 1. The van der Waals surface area contributed by atoms with Crippen LogP contribution in [0.4, 0.5) is 0 Å². The highest BCUT2D eigenvalue weighted by Crippen LogP contribution is 2.34. The first-order valence-electron chi connectivity index (χ1n) is 7.65. The molecule has 120 valence electrons. The van der Waals surface area contributed by atoms with Gasteiger partial charge in [0.2, 0.25) is 0 Å². The van der Waals surface area contributed by atoms with Crippen molar-refractivity contribution in [1.82, 2.24) is 0 Å². The van der Waals surface area contributed by atoms with Gasteiger partial charge in [-0.2, -0.15) is 0 Å². The number of unbranched alkanes of at least 4 members (excludes halogenated alkanes) is 2. The van der Waals surface area contributed by atoms with Crippen molar-refractivity contribution in [3.8, 4) is 5.75 Å². The fraction of sp³-hybridized carbons (Fsp3) is 0.278. The maximum absolute atomic E-state index is 12.2. The molecule has 0 amide bonds. The van der Waals surface area contributed by atoms with Crippen LogP contribution in [0.15, 0.2) is 40.9 Å². The van der Waals surface area contributed by atoms with E-state index in [0.717, 1.165) is 10.9 Å². The van der Waals surface area contributed by atoms with E-state index >= 15 is 0 Å². The second-order valence-corrected chi connectivity index (χ2v) is 8.52. The van der Waals surface area contributed by atoms with E-state index in [0.29, 0.717) is 10.6 Å². The van der Waals surface area contributed by atoms with Crippen molar-refractivity contribution in [3.05, 3.63) is 50.6 Å². The maximum atomic E-state index is 12.2. The zero-order valence-electron chi connectivity index (χ0n) is 12.8. The number of ether oxygens (including phenoxy) is 1. The van der Waals surface area contributed by atoms with Gasteiger partial charge in [0, 0.05) is 18.7 Å². The van der Waals surface area contributed by atoms with Crippen LogP contribution in [0, 0.1) is 0 Å². The van der Waals surface area contributed by atoms with Crippen molar-refractivity contribution in [2.24, 2.45) is 0 Å². The summed E-state index contributed by atoms with van der Waals surface area (Å²) in [5, 5.41) is 0. The topological polar surface area (TPSA) is 26.3 Å². The van der Waals surface area contributed by atoms with Crippen molar-refractivity contribution in [1.29, 1.82) is 0 Å². The molecule has 0 aliphatic carbocycles. The Morgan fingerprint density at radius 1 is 1.09 bits per heavy atom. The third kappa shape index (κ3) is 4.22. The molecule has 0 radical (unpaired) electrons. The van der Waals surface area contributed by atoms with Crippen molar-refractivity contribution in [3.63, 3.8) is 0 Å². The standard InChI is InChI=1S/C18H17BrO2S2/c1-2-3-4-5-14-10-15-16(22-14)11-17(23-15)18(20)21-13-8-6-12(19)7-9-13/h6-11H,2-5H2,1H3. The normalized spacial score (nSPS) is 11.0. The van der Waals surface area contributed by atoms with Crippen LogP contribution in [0.25, 0.3) is 9.40 Å². The monoisotopic (exact) mass is 408 g/mol. The minimum absolute atomic E-state index is 0.284. The summed E-state index contributed by atoms with van der Waals surface area (Å²) in [4.78, 5) is 14.3. The number of hydrogen-bond donors (Lipinski definition) is 0. The van der Waals surface area contributed by atoms with Gasteiger partial charge in [0.1, 0.15) is 10.6 Å². The number of aryl methyl sites for hydroxylation is 1. The fourth-order valence-electron chi connectivity index (χ4n) is 2.32. The summed E-state index contributed by atoms with van der Waals surface area (Å²) < 4.78 is 8.75. The third-order valence-corrected chi connectivity index (χ3v) is 6.37. The molecule has 23 heavy (non-hydrogen) atoms. The largest absolute Gasteiger partial charge is 0.422 e. The van der Waals surface area contributed by atoms with Crippen LogP contribution in [0.1, 0.15) is 40.7 Å². The van der Waals surface area contributed by atoms with Gasteiger partial charge in [-0.3, -0.25) is 0 Å². The SMILES string of the molecule is CCCCCc1cc2sc(C(=O)Oc3ccc(Br)cc3)cc2s1. The number of benzene rings is 1. The Morgan fingerprint density at radius 2 is 1.83 bits per heavy atom. The Labute approximate surface area is 152 Å². The summed E-state index contributed by atoms with van der Waals surface area (Å²) in [6, 6.07) is 11.5. The highest BCUT2D eigenvalue weighted by Gasteiger charge is 2.14. The molecule has 0 saturated carbocycles. The second kappa shape index (κ2) is 7.60. The Kier molecular flexibility index (Phi) is 5.51. The van der Waals surface area contributed by atoms with Crippen LogP contribution in [0.2, 0.25) is 0 Å². The van der Waals surface area contributed by atoms with Crippen LogP contribution in [-0.2, 0) is 6.42 Å². The van der Waals surface area contributed by atoms with Crippen molar-refractivity contribution in [2.75, 3.05) is 0 Å². The number of carbonyl (C=O) groups is 1. The molecule has 0 unspecified atom stereocenters. The smallest absolute Gasteiger partial charge is 0.353 e. The fourth-order valence-corrected chi connectivity index (χ4v) is 4.92. The van der Waals surface area contributed by atoms with Gasteiger partial charge in [-0.15, -0.1) is 22.7 Å². The minimum atomic E-state index is -0.284. The van der Waals surface area contributed by atoms with E-state index in [1.54, 1.807) is 23.5 Å². The van der Waals surface area contributed by atoms with E-state index in [1.165, 1.54) is 44.9 Å². The average molecular weight is 409 g/mol. The molecule has 0 N–H and O–H groups in total. The van der Waals surface area contributed by atoms with Gasteiger partial charge in [-0.05, 0) is 49.2 Å². The number of fused-ring (bicyclic) bond motifs is 1. The lowest BCUT2D eigenvalue weighted by Gasteiger charge is -2.02. The summed E-state index contributed by atoms with van der Waals surface area (Å²) >= 11 is 6.67. The molecule has 0 atom stereocenters. The van der Waals surface area contributed by atoms with E-state index in [2.05, 4.69) is 28.9 Å². The molecule has 3 aromatic rings. The first-order chi connectivity index (χ1) is 11.2. The second-order valence-electron chi connectivity index (χ2n) is 5.35. The Morgan fingerprint density at radius 3 is 2.52 bits per heavy atom. The molecule has 0 aliphatic heterocycles. The molecule has 0 bridgehead atoms. The summed E-state index contributed by atoms with van der Waals surface area (Å²) in [5.41, 5.74) is 0. The number of thiophene rings is 2. The van der Waals surface area contributed by atoms with Gasteiger partial charge in [0.05, 0.1) is 0 Å². The third-order valence-electron chi connectivity index (χ3n) is 3.51. The van der Waals surface area contributed by atoms with E-state index in [4.69, 9.17) is 4.74 Å². The number of rotatable bonds is 6. The van der Waals surface area contributed by atoms with Crippen molar-refractivity contribution in [2.45, 2.75) is 32.6 Å². The van der Waals surface area contributed by atoms with E-state index in [9.17, 15) is 4.79 Å². The Balaban J connectivity index is 1.69. The van der Waals surface area contributed by atoms with E-state index < -0.39 is 0 Å². The van der Waals surface area contributed by atoms with E-state index in [1.807, 2.05) is 18.2 Å². The quantitative estimate of drug-likeness (QED) is 0.258. The van der Waals surface area contributed by atoms with Crippen molar-refractivity contribution < 1.29 is 9.53 Å². The molecule has 0 aliphatic rings. The summed E-state index contributed by atoms with van der Waals surface area (Å²) in [5.74, 6) is 0.281. The summed E-state index contributed by atoms with van der Waals surface area (Å²) in [6.45, 7) is 2.22. The molecule has 5 heteroatoms. The highest BCUT2D eigenvalue weighted by molar-refractivity contribution is 9.10. The number of hydrogen-bond acceptors (Lipinski definition) is 4. The molecule has 0 saturated heterocycles. The molecule has 3 rings (SSSR count).